The predicted octanol–water partition coefficient (Wildman–Crippen LogP) is 17.1. The van der Waals surface area contributed by atoms with Crippen LogP contribution in [0.5, 0.6) is 0 Å². The maximum absolute atomic E-state index is 12.8. The molecule has 0 radical (unpaired) electrons. The smallest absolute Gasteiger partial charge is 0.306 e. The van der Waals surface area contributed by atoms with Gasteiger partial charge in [0.25, 0.3) is 0 Å². The molecule has 0 aliphatic carbocycles. The largest absolute Gasteiger partial charge is 0.462 e. The van der Waals surface area contributed by atoms with Gasteiger partial charge in [-0.3, -0.25) is 14.4 Å². The fourth-order valence-electron chi connectivity index (χ4n) is 7.42. The normalized spacial score (nSPS) is 12.4. The van der Waals surface area contributed by atoms with Gasteiger partial charge in [-0.2, -0.15) is 0 Å². The van der Waals surface area contributed by atoms with Crippen molar-refractivity contribution in [3.63, 3.8) is 0 Å². The highest BCUT2D eigenvalue weighted by Gasteiger charge is 2.19. The summed E-state index contributed by atoms with van der Waals surface area (Å²) in [5, 5.41) is 0. The van der Waals surface area contributed by atoms with E-state index in [1.165, 1.54) is 135 Å². The van der Waals surface area contributed by atoms with Gasteiger partial charge in [0, 0.05) is 19.3 Å². The molecule has 0 saturated heterocycles. The zero-order chi connectivity index (χ0) is 44.4. The summed E-state index contributed by atoms with van der Waals surface area (Å²) < 4.78 is 16.8. The van der Waals surface area contributed by atoms with Crippen LogP contribution in [-0.2, 0) is 28.6 Å². The molecule has 0 aromatic carbocycles. The molecule has 0 aliphatic rings. The number of esters is 3. The summed E-state index contributed by atoms with van der Waals surface area (Å²) >= 11 is 0. The first-order valence-electron chi connectivity index (χ1n) is 26.2. The van der Waals surface area contributed by atoms with Crippen LogP contribution in [-0.4, -0.2) is 37.2 Å². The second-order valence-electron chi connectivity index (χ2n) is 17.5. The number of unbranched alkanes of at least 4 members (excludes halogenated alkanes) is 30. The molecule has 0 saturated carbocycles. The van der Waals surface area contributed by atoms with Gasteiger partial charge in [-0.15, -0.1) is 0 Å². The molecule has 0 N–H and O–H groups in total. The number of hydrogen-bond donors (Lipinski definition) is 0. The van der Waals surface area contributed by atoms with Gasteiger partial charge in [0.1, 0.15) is 13.2 Å². The van der Waals surface area contributed by atoms with Gasteiger partial charge in [0.15, 0.2) is 6.10 Å². The third kappa shape index (κ3) is 48.3. The van der Waals surface area contributed by atoms with Crippen LogP contribution >= 0.6 is 0 Å². The van der Waals surface area contributed by atoms with Gasteiger partial charge in [-0.25, -0.2) is 0 Å². The summed E-state index contributed by atoms with van der Waals surface area (Å²) in [6, 6.07) is 0. The van der Waals surface area contributed by atoms with E-state index in [1.807, 2.05) is 0 Å². The number of allylic oxidation sites excluding steroid dienone is 8. The standard InChI is InChI=1S/C55H98O6/c1-4-7-10-13-16-19-22-24-25-26-27-28-29-31-33-36-39-42-45-48-54(57)60-51-52(50-59-53(56)47-44-41-38-35-32-21-18-15-12-9-6-3)61-55(58)49-46-43-40-37-34-30-23-20-17-14-11-8-5-2/h8,11,14-15,17-18,20,23,52H,4-7,9-10,12-13,16,19,21-22,24-51H2,1-3H3/b11-8-,17-14-,18-15-,23-20-. The van der Waals surface area contributed by atoms with Gasteiger partial charge in [-0.1, -0.05) is 236 Å². The Morgan fingerprint density at radius 2 is 0.672 bits per heavy atom. The highest BCUT2D eigenvalue weighted by atomic mass is 16.6. The van der Waals surface area contributed by atoms with Crippen molar-refractivity contribution >= 4 is 17.9 Å². The number of carbonyl (C=O) groups is 3. The van der Waals surface area contributed by atoms with E-state index in [2.05, 4.69) is 69.4 Å². The Kier molecular flexibility index (Phi) is 47.9. The van der Waals surface area contributed by atoms with E-state index in [-0.39, 0.29) is 31.1 Å². The van der Waals surface area contributed by atoms with Crippen molar-refractivity contribution in [1.82, 2.24) is 0 Å². The van der Waals surface area contributed by atoms with Crippen LogP contribution in [0.15, 0.2) is 48.6 Å². The monoisotopic (exact) mass is 855 g/mol. The fourth-order valence-corrected chi connectivity index (χ4v) is 7.42. The number of hydrogen-bond acceptors (Lipinski definition) is 6. The van der Waals surface area contributed by atoms with Gasteiger partial charge < -0.3 is 14.2 Å². The first kappa shape index (κ1) is 58.4. The van der Waals surface area contributed by atoms with Crippen molar-refractivity contribution in [3.05, 3.63) is 48.6 Å². The Balaban J connectivity index is 4.31. The molecule has 0 rings (SSSR count). The van der Waals surface area contributed by atoms with Crippen molar-refractivity contribution < 1.29 is 28.6 Å². The molecule has 1 atom stereocenters. The van der Waals surface area contributed by atoms with Crippen LogP contribution < -0.4 is 0 Å². The summed E-state index contributed by atoms with van der Waals surface area (Å²) in [5.41, 5.74) is 0. The van der Waals surface area contributed by atoms with E-state index in [4.69, 9.17) is 14.2 Å². The third-order valence-electron chi connectivity index (χ3n) is 11.4. The second kappa shape index (κ2) is 50.0. The van der Waals surface area contributed by atoms with E-state index in [9.17, 15) is 14.4 Å². The molecular formula is C55H98O6. The molecule has 0 amide bonds. The molecule has 0 bridgehead atoms. The average Bonchev–Trinajstić information content (AvgIpc) is 3.26. The minimum atomic E-state index is -0.783. The molecule has 0 aromatic rings. The molecule has 0 aliphatic heterocycles. The van der Waals surface area contributed by atoms with Crippen molar-refractivity contribution in [3.8, 4) is 0 Å². The Labute approximate surface area is 378 Å². The fraction of sp³-hybridized carbons (Fsp3) is 0.800. The van der Waals surface area contributed by atoms with Gasteiger partial charge in [0.2, 0.25) is 0 Å². The lowest BCUT2D eigenvalue weighted by Gasteiger charge is -2.18. The maximum atomic E-state index is 12.8. The molecule has 0 aromatic heterocycles. The summed E-state index contributed by atoms with van der Waals surface area (Å²) in [4.78, 5) is 37.9. The zero-order valence-electron chi connectivity index (χ0n) is 40.4. The van der Waals surface area contributed by atoms with Crippen LogP contribution in [0, 0.1) is 0 Å². The Morgan fingerprint density at radius 3 is 1.08 bits per heavy atom. The van der Waals surface area contributed by atoms with Crippen LogP contribution in [0.4, 0.5) is 0 Å². The highest BCUT2D eigenvalue weighted by molar-refractivity contribution is 5.71. The molecule has 0 spiro atoms. The molecule has 0 heterocycles. The quantitative estimate of drug-likeness (QED) is 0.0199. The van der Waals surface area contributed by atoms with Gasteiger partial charge in [0.05, 0.1) is 0 Å². The number of carbonyl (C=O) groups excluding carboxylic acids is 3. The molecule has 61 heavy (non-hydrogen) atoms. The van der Waals surface area contributed by atoms with E-state index in [0.29, 0.717) is 19.3 Å². The molecular weight excluding hydrogens is 757 g/mol. The van der Waals surface area contributed by atoms with E-state index < -0.39 is 6.10 Å². The van der Waals surface area contributed by atoms with E-state index in [0.717, 1.165) is 89.9 Å². The van der Waals surface area contributed by atoms with Crippen molar-refractivity contribution in [1.29, 1.82) is 0 Å². The summed E-state index contributed by atoms with van der Waals surface area (Å²) in [7, 11) is 0. The summed E-state index contributed by atoms with van der Waals surface area (Å²) in [5.74, 6) is -0.905. The van der Waals surface area contributed by atoms with E-state index >= 15 is 0 Å². The van der Waals surface area contributed by atoms with Crippen molar-refractivity contribution in [2.24, 2.45) is 0 Å². The molecule has 0 fully saturated rings. The lowest BCUT2D eigenvalue weighted by atomic mass is 10.0. The van der Waals surface area contributed by atoms with Crippen molar-refractivity contribution in [2.75, 3.05) is 13.2 Å². The van der Waals surface area contributed by atoms with E-state index in [1.54, 1.807) is 0 Å². The molecule has 6 nitrogen and oxygen atoms in total. The molecule has 354 valence electrons. The summed E-state index contributed by atoms with van der Waals surface area (Å²) in [6.45, 7) is 6.46. The number of ether oxygens (including phenoxy) is 3. The Hall–Kier alpha value is -2.63. The van der Waals surface area contributed by atoms with Crippen LogP contribution in [0.1, 0.15) is 265 Å². The topological polar surface area (TPSA) is 78.9 Å². The summed E-state index contributed by atoms with van der Waals surface area (Å²) in [6.07, 6.45) is 59.6. The third-order valence-corrected chi connectivity index (χ3v) is 11.4. The minimum absolute atomic E-state index is 0.0819. The predicted molar refractivity (Wildman–Crippen MR) is 261 cm³/mol. The lowest BCUT2D eigenvalue weighted by Crippen LogP contribution is -2.30. The molecule has 1 unspecified atom stereocenters. The Bertz CT molecular complexity index is 1070. The minimum Gasteiger partial charge on any atom is -0.462 e. The zero-order valence-corrected chi connectivity index (χ0v) is 40.4. The van der Waals surface area contributed by atoms with Crippen LogP contribution in [0.25, 0.3) is 0 Å². The highest BCUT2D eigenvalue weighted by Crippen LogP contribution is 2.16. The maximum Gasteiger partial charge on any atom is 0.306 e. The van der Waals surface area contributed by atoms with Crippen LogP contribution in [0.2, 0.25) is 0 Å². The molecule has 6 heteroatoms. The number of rotatable bonds is 47. The average molecular weight is 855 g/mol. The second-order valence-corrected chi connectivity index (χ2v) is 17.5. The van der Waals surface area contributed by atoms with Crippen molar-refractivity contribution in [2.45, 2.75) is 271 Å². The van der Waals surface area contributed by atoms with Gasteiger partial charge in [-0.05, 0) is 57.8 Å². The lowest BCUT2D eigenvalue weighted by molar-refractivity contribution is -0.167. The first-order valence-corrected chi connectivity index (χ1v) is 26.2. The Morgan fingerprint density at radius 1 is 0.344 bits per heavy atom. The van der Waals surface area contributed by atoms with Crippen LogP contribution in [0.3, 0.4) is 0 Å². The SMILES string of the molecule is CC\C=C/C=C\C=C/CCCCCCCC(=O)OC(COC(=O)CCCCCCC/C=C\CCCC)COC(=O)CCCCCCCCCCCCCCCCCCCCC. The first-order chi connectivity index (χ1) is 30.0. The van der Waals surface area contributed by atoms with Gasteiger partial charge >= 0.3 is 17.9 Å².